The number of amides is 4. The number of benzene rings is 1. The highest BCUT2D eigenvalue weighted by molar-refractivity contribution is 6.01. The summed E-state index contributed by atoms with van der Waals surface area (Å²) in [6.45, 7) is 2.96. The average molecular weight is 440 g/mol. The van der Waals surface area contributed by atoms with Crippen LogP contribution in [0.25, 0.3) is 0 Å². The Morgan fingerprint density at radius 2 is 1.72 bits per heavy atom. The fourth-order valence-corrected chi connectivity index (χ4v) is 5.50. The van der Waals surface area contributed by atoms with Crippen molar-refractivity contribution in [2.24, 2.45) is 11.8 Å². The van der Waals surface area contributed by atoms with E-state index in [1.54, 1.807) is 4.90 Å². The third kappa shape index (κ3) is 3.55. The van der Waals surface area contributed by atoms with Crippen LogP contribution in [0.4, 0.5) is 4.79 Å². The Morgan fingerprint density at radius 1 is 0.969 bits per heavy atom. The quantitative estimate of drug-likeness (QED) is 0.671. The Hall–Kier alpha value is -2.90. The van der Waals surface area contributed by atoms with Crippen LogP contribution in [-0.4, -0.2) is 69.7 Å². The molecule has 170 valence electrons. The van der Waals surface area contributed by atoms with Crippen molar-refractivity contribution in [1.29, 1.82) is 0 Å². The van der Waals surface area contributed by atoms with Gasteiger partial charge in [-0.15, -0.1) is 0 Å². The summed E-state index contributed by atoms with van der Waals surface area (Å²) in [5, 5.41) is 0. The number of rotatable bonds is 4. The van der Waals surface area contributed by atoms with Gasteiger partial charge >= 0.3 is 6.09 Å². The molecule has 32 heavy (non-hydrogen) atoms. The largest absolute Gasteiger partial charge is 0.445 e. The second-order valence-electron chi connectivity index (χ2n) is 9.38. The zero-order valence-electron chi connectivity index (χ0n) is 18.3. The molecule has 1 aromatic carbocycles. The Kier molecular flexibility index (Phi) is 5.39. The summed E-state index contributed by atoms with van der Waals surface area (Å²) in [5.74, 6) is -0.809. The van der Waals surface area contributed by atoms with E-state index < -0.39 is 18.1 Å². The predicted molar refractivity (Wildman–Crippen MR) is 114 cm³/mol. The first-order valence-corrected chi connectivity index (χ1v) is 11.6. The number of hydrogen-bond acceptors (Lipinski definition) is 5. The Bertz CT molecular complexity index is 931. The van der Waals surface area contributed by atoms with Crippen LogP contribution in [0.15, 0.2) is 30.3 Å². The molecule has 1 saturated carbocycles. The lowest BCUT2D eigenvalue weighted by Crippen LogP contribution is -2.51. The molecule has 4 atom stereocenters. The molecular weight excluding hydrogens is 410 g/mol. The van der Waals surface area contributed by atoms with Crippen molar-refractivity contribution < 1.29 is 23.9 Å². The molecule has 0 spiro atoms. The Labute approximate surface area is 187 Å². The van der Waals surface area contributed by atoms with E-state index in [4.69, 9.17) is 4.74 Å². The number of likely N-dealkylation sites (tertiary alicyclic amines) is 3. The van der Waals surface area contributed by atoms with Crippen LogP contribution in [-0.2, 0) is 25.7 Å². The molecule has 1 aliphatic carbocycles. The molecule has 0 unspecified atom stereocenters. The summed E-state index contributed by atoms with van der Waals surface area (Å²) in [6.07, 6.45) is 3.13. The highest BCUT2D eigenvalue weighted by atomic mass is 16.6. The standard InChI is InChI=1S/C24H29N3O5/c1-15-20-18(27(21(15)28)22(29)17-9-10-17)11-13-26(20)23(30)19-8-5-12-25(19)24(31)32-14-16-6-3-2-4-7-16/h2-4,6-7,15,17-20H,5,8-14H2,1H3/t15-,18-,19-,20+/m0/s1. The van der Waals surface area contributed by atoms with Gasteiger partial charge in [0.15, 0.2) is 0 Å². The van der Waals surface area contributed by atoms with Crippen molar-refractivity contribution in [2.45, 2.75) is 63.8 Å². The van der Waals surface area contributed by atoms with E-state index in [0.29, 0.717) is 25.9 Å². The van der Waals surface area contributed by atoms with E-state index in [9.17, 15) is 19.2 Å². The van der Waals surface area contributed by atoms with Crippen LogP contribution in [0.2, 0.25) is 0 Å². The van der Waals surface area contributed by atoms with E-state index in [2.05, 4.69) is 0 Å². The maximum Gasteiger partial charge on any atom is 0.410 e. The van der Waals surface area contributed by atoms with Gasteiger partial charge in [0.25, 0.3) is 0 Å². The molecule has 8 heteroatoms. The molecule has 0 aromatic heterocycles. The lowest BCUT2D eigenvalue weighted by atomic mass is 10.0. The number of imide groups is 1. The van der Waals surface area contributed by atoms with Gasteiger partial charge in [-0.3, -0.25) is 24.2 Å². The fraction of sp³-hybridized carbons (Fsp3) is 0.583. The Balaban J connectivity index is 1.27. The number of carbonyl (C=O) groups excluding carboxylic acids is 4. The topological polar surface area (TPSA) is 87.2 Å². The number of ether oxygens (including phenoxy) is 1. The molecule has 3 heterocycles. The molecule has 5 rings (SSSR count). The fourth-order valence-electron chi connectivity index (χ4n) is 5.50. The van der Waals surface area contributed by atoms with Crippen LogP contribution in [0.3, 0.4) is 0 Å². The molecular formula is C24H29N3O5. The van der Waals surface area contributed by atoms with Crippen molar-refractivity contribution in [2.75, 3.05) is 13.1 Å². The molecule has 4 amide bonds. The number of carbonyl (C=O) groups is 4. The van der Waals surface area contributed by atoms with Gasteiger partial charge < -0.3 is 9.64 Å². The van der Waals surface area contributed by atoms with Crippen LogP contribution >= 0.6 is 0 Å². The first-order valence-electron chi connectivity index (χ1n) is 11.6. The first-order chi connectivity index (χ1) is 15.5. The lowest BCUT2D eigenvalue weighted by molar-refractivity contribution is -0.146. The first kappa shape index (κ1) is 21.0. The third-order valence-electron chi connectivity index (χ3n) is 7.32. The second-order valence-corrected chi connectivity index (χ2v) is 9.38. The van der Waals surface area contributed by atoms with Gasteiger partial charge in [0.1, 0.15) is 12.6 Å². The molecule has 8 nitrogen and oxygen atoms in total. The van der Waals surface area contributed by atoms with Gasteiger partial charge in [0.2, 0.25) is 17.7 Å². The monoisotopic (exact) mass is 439 g/mol. The van der Waals surface area contributed by atoms with Crippen LogP contribution in [0.1, 0.15) is 44.6 Å². The molecule has 4 fully saturated rings. The minimum atomic E-state index is -0.576. The molecule has 1 aromatic rings. The van der Waals surface area contributed by atoms with Gasteiger partial charge in [-0.1, -0.05) is 37.3 Å². The number of hydrogen-bond donors (Lipinski definition) is 0. The minimum Gasteiger partial charge on any atom is -0.445 e. The summed E-state index contributed by atoms with van der Waals surface area (Å²) < 4.78 is 5.47. The van der Waals surface area contributed by atoms with Gasteiger partial charge in [-0.25, -0.2) is 4.79 Å². The van der Waals surface area contributed by atoms with Gasteiger partial charge in [-0.05, 0) is 37.7 Å². The van der Waals surface area contributed by atoms with E-state index in [0.717, 1.165) is 24.8 Å². The van der Waals surface area contributed by atoms with Crippen molar-refractivity contribution >= 4 is 23.8 Å². The third-order valence-corrected chi connectivity index (χ3v) is 7.32. The summed E-state index contributed by atoms with van der Waals surface area (Å²) in [6, 6.07) is 8.32. The zero-order valence-corrected chi connectivity index (χ0v) is 18.3. The van der Waals surface area contributed by atoms with Crippen molar-refractivity contribution in [3.05, 3.63) is 35.9 Å². The summed E-state index contributed by atoms with van der Waals surface area (Å²) >= 11 is 0. The SMILES string of the molecule is C[C@@H]1C(=O)N(C(=O)C2CC2)[C@H]2CCN(C(=O)[C@@H]3CCCN3C(=O)OCc3ccccc3)[C@H]12. The smallest absolute Gasteiger partial charge is 0.410 e. The zero-order chi connectivity index (χ0) is 22.4. The molecule has 3 aliphatic heterocycles. The van der Waals surface area contributed by atoms with Crippen LogP contribution in [0.5, 0.6) is 0 Å². The Morgan fingerprint density at radius 3 is 2.44 bits per heavy atom. The molecule has 4 aliphatic rings. The molecule has 3 saturated heterocycles. The minimum absolute atomic E-state index is 0.0284. The number of nitrogens with zero attached hydrogens (tertiary/aromatic N) is 3. The maximum atomic E-state index is 13.5. The number of fused-ring (bicyclic) bond motifs is 1. The second kappa shape index (κ2) is 8.22. The molecule has 0 N–H and O–H groups in total. The normalized spacial score (nSPS) is 29.4. The van der Waals surface area contributed by atoms with Crippen molar-refractivity contribution in [3.63, 3.8) is 0 Å². The predicted octanol–water partition coefficient (Wildman–Crippen LogP) is 2.17. The average Bonchev–Trinajstić information content (AvgIpc) is 3.29. The maximum absolute atomic E-state index is 13.5. The van der Waals surface area contributed by atoms with Crippen molar-refractivity contribution in [3.8, 4) is 0 Å². The van der Waals surface area contributed by atoms with Crippen LogP contribution < -0.4 is 0 Å². The van der Waals surface area contributed by atoms with Crippen LogP contribution in [0, 0.1) is 11.8 Å². The van der Waals surface area contributed by atoms with Crippen molar-refractivity contribution in [1.82, 2.24) is 14.7 Å². The van der Waals surface area contributed by atoms with E-state index in [1.807, 2.05) is 37.3 Å². The summed E-state index contributed by atoms with van der Waals surface area (Å²) in [7, 11) is 0. The van der Waals surface area contributed by atoms with Gasteiger partial charge in [-0.2, -0.15) is 0 Å². The molecule has 0 bridgehead atoms. The van der Waals surface area contributed by atoms with Gasteiger partial charge in [0.05, 0.1) is 18.0 Å². The van der Waals surface area contributed by atoms with E-state index >= 15 is 0 Å². The van der Waals surface area contributed by atoms with E-state index in [-0.39, 0.29) is 42.3 Å². The highest BCUT2D eigenvalue weighted by Gasteiger charge is 2.57. The van der Waals surface area contributed by atoms with Gasteiger partial charge in [0, 0.05) is 19.0 Å². The summed E-state index contributed by atoms with van der Waals surface area (Å²) in [4.78, 5) is 56.5. The lowest BCUT2D eigenvalue weighted by Gasteiger charge is -2.31. The van der Waals surface area contributed by atoms with E-state index in [1.165, 1.54) is 9.80 Å². The summed E-state index contributed by atoms with van der Waals surface area (Å²) in [5.41, 5.74) is 0.893. The highest BCUT2D eigenvalue weighted by Crippen LogP contribution is 2.41. The molecule has 0 radical (unpaired) electrons.